The maximum Gasteiger partial charge on any atom is 0.255 e. The maximum absolute atomic E-state index is 12.1. The number of pyridine rings is 1. The Morgan fingerprint density at radius 2 is 2.44 bits per heavy atom. The second-order valence-corrected chi connectivity index (χ2v) is 4.78. The number of halogens is 1. The van der Waals surface area contributed by atoms with Crippen LogP contribution in [0.4, 0.5) is 0 Å². The van der Waals surface area contributed by atoms with Crippen LogP contribution < -0.4 is 0 Å². The van der Waals surface area contributed by atoms with Crippen LogP contribution in [-0.4, -0.2) is 40.1 Å². The third-order valence-electron chi connectivity index (χ3n) is 2.80. The fourth-order valence-corrected chi connectivity index (χ4v) is 2.35. The highest BCUT2D eigenvalue weighted by molar-refractivity contribution is 9.10. The van der Waals surface area contributed by atoms with Crippen molar-refractivity contribution in [3.8, 4) is 0 Å². The van der Waals surface area contributed by atoms with Gasteiger partial charge < -0.3 is 10.0 Å². The van der Waals surface area contributed by atoms with Gasteiger partial charge in [0.1, 0.15) is 0 Å². The summed E-state index contributed by atoms with van der Waals surface area (Å²) in [6, 6.07) is 1.72. The summed E-state index contributed by atoms with van der Waals surface area (Å²) >= 11 is 3.29. The second kappa shape index (κ2) is 4.93. The van der Waals surface area contributed by atoms with Crippen LogP contribution in [0.5, 0.6) is 0 Å². The molecule has 4 nitrogen and oxygen atoms in total. The molecule has 0 aromatic carbocycles. The first-order valence-corrected chi connectivity index (χ1v) is 6.04. The second-order valence-electron chi connectivity index (χ2n) is 3.87. The van der Waals surface area contributed by atoms with Gasteiger partial charge in [-0.3, -0.25) is 9.78 Å². The molecule has 1 aromatic rings. The quantitative estimate of drug-likeness (QED) is 0.894. The van der Waals surface area contributed by atoms with Gasteiger partial charge in [-0.25, -0.2) is 0 Å². The number of aliphatic hydroxyl groups is 1. The molecule has 0 spiro atoms. The fraction of sp³-hybridized carbons (Fsp3) is 0.455. The lowest BCUT2D eigenvalue weighted by Crippen LogP contribution is -2.37. The minimum atomic E-state index is -0.0506. The first-order valence-electron chi connectivity index (χ1n) is 5.24. The van der Waals surface area contributed by atoms with Gasteiger partial charge in [0.05, 0.1) is 18.2 Å². The van der Waals surface area contributed by atoms with Crippen LogP contribution in [0.25, 0.3) is 0 Å². The number of amides is 1. The van der Waals surface area contributed by atoms with Crippen LogP contribution in [0, 0.1) is 0 Å². The van der Waals surface area contributed by atoms with Crippen LogP contribution in [0.2, 0.25) is 0 Å². The standard InChI is InChI=1S/C11H13BrN2O2/c12-9-4-8(5-13-6-9)11(16)14-3-1-2-10(14)7-15/h4-6,10,15H,1-3,7H2/t10-/m0/s1. The fourth-order valence-electron chi connectivity index (χ4n) is 1.99. The SMILES string of the molecule is O=C(c1cncc(Br)c1)N1CCC[C@H]1CO. The molecule has 1 amide bonds. The molecule has 1 saturated heterocycles. The maximum atomic E-state index is 12.1. The zero-order chi connectivity index (χ0) is 11.5. The average molecular weight is 285 g/mol. The highest BCUT2D eigenvalue weighted by atomic mass is 79.9. The number of likely N-dealkylation sites (tertiary alicyclic amines) is 1. The number of hydrogen-bond donors (Lipinski definition) is 1. The van der Waals surface area contributed by atoms with Crippen molar-refractivity contribution in [2.24, 2.45) is 0 Å². The summed E-state index contributed by atoms with van der Waals surface area (Å²) < 4.78 is 0.790. The van der Waals surface area contributed by atoms with Crippen molar-refractivity contribution < 1.29 is 9.90 Å². The summed E-state index contributed by atoms with van der Waals surface area (Å²) in [5, 5.41) is 9.17. The molecule has 1 aliphatic heterocycles. The Hall–Kier alpha value is -0.940. The largest absolute Gasteiger partial charge is 0.394 e. The Morgan fingerprint density at radius 1 is 1.62 bits per heavy atom. The molecule has 0 radical (unpaired) electrons. The number of carbonyl (C=O) groups excluding carboxylic acids is 1. The van der Waals surface area contributed by atoms with Crippen molar-refractivity contribution in [2.45, 2.75) is 18.9 Å². The molecule has 0 bridgehead atoms. The van der Waals surface area contributed by atoms with E-state index in [-0.39, 0.29) is 18.6 Å². The van der Waals surface area contributed by atoms with Gasteiger partial charge >= 0.3 is 0 Å². The summed E-state index contributed by atoms with van der Waals surface area (Å²) in [5.41, 5.74) is 0.565. The van der Waals surface area contributed by atoms with E-state index in [1.807, 2.05) is 0 Å². The third-order valence-corrected chi connectivity index (χ3v) is 3.23. The van der Waals surface area contributed by atoms with E-state index in [1.54, 1.807) is 23.4 Å². The third kappa shape index (κ3) is 2.25. The minimum Gasteiger partial charge on any atom is -0.394 e. The molecular weight excluding hydrogens is 272 g/mol. The molecule has 0 aliphatic carbocycles. The van der Waals surface area contributed by atoms with Gasteiger partial charge in [-0.2, -0.15) is 0 Å². The van der Waals surface area contributed by atoms with E-state index in [1.165, 1.54) is 0 Å². The summed E-state index contributed by atoms with van der Waals surface area (Å²) in [5.74, 6) is -0.0506. The topological polar surface area (TPSA) is 53.4 Å². The van der Waals surface area contributed by atoms with Crippen molar-refractivity contribution in [2.75, 3.05) is 13.2 Å². The summed E-state index contributed by atoms with van der Waals surface area (Å²) in [7, 11) is 0. The Kier molecular flexibility index (Phi) is 3.56. The van der Waals surface area contributed by atoms with Gasteiger partial charge in [-0.1, -0.05) is 0 Å². The van der Waals surface area contributed by atoms with Crippen LogP contribution in [-0.2, 0) is 0 Å². The number of carbonyl (C=O) groups is 1. The van der Waals surface area contributed by atoms with Crippen molar-refractivity contribution in [1.82, 2.24) is 9.88 Å². The van der Waals surface area contributed by atoms with Gasteiger partial charge in [0.2, 0.25) is 0 Å². The van der Waals surface area contributed by atoms with E-state index in [0.717, 1.165) is 23.9 Å². The van der Waals surface area contributed by atoms with Gasteiger partial charge in [0.25, 0.3) is 5.91 Å². The lowest BCUT2D eigenvalue weighted by Gasteiger charge is -2.22. The molecule has 86 valence electrons. The van der Waals surface area contributed by atoms with Crippen LogP contribution in [0.1, 0.15) is 23.2 Å². The lowest BCUT2D eigenvalue weighted by molar-refractivity contribution is 0.0677. The predicted molar refractivity (Wildman–Crippen MR) is 63.1 cm³/mol. The normalized spacial score (nSPS) is 20.1. The number of rotatable bonds is 2. The number of aromatic nitrogens is 1. The predicted octanol–water partition coefficient (Wildman–Crippen LogP) is 1.44. The molecule has 1 N–H and O–H groups in total. The van der Waals surface area contributed by atoms with Crippen LogP contribution >= 0.6 is 15.9 Å². The monoisotopic (exact) mass is 284 g/mol. The molecule has 5 heteroatoms. The molecule has 16 heavy (non-hydrogen) atoms. The Balaban J connectivity index is 2.18. The molecule has 1 aliphatic rings. The van der Waals surface area contributed by atoms with E-state index in [0.29, 0.717) is 5.56 Å². The summed E-state index contributed by atoms with van der Waals surface area (Å²) in [6.07, 6.45) is 5.03. The molecule has 1 fully saturated rings. The molecule has 2 heterocycles. The zero-order valence-corrected chi connectivity index (χ0v) is 10.4. The first kappa shape index (κ1) is 11.5. The molecule has 0 unspecified atom stereocenters. The average Bonchev–Trinajstić information content (AvgIpc) is 2.76. The van der Waals surface area contributed by atoms with E-state index in [4.69, 9.17) is 5.11 Å². The summed E-state index contributed by atoms with van der Waals surface area (Å²) in [6.45, 7) is 0.754. The Morgan fingerprint density at radius 3 is 3.12 bits per heavy atom. The van der Waals surface area contributed by atoms with E-state index < -0.39 is 0 Å². The molecule has 1 aromatic heterocycles. The molecule has 2 rings (SSSR count). The van der Waals surface area contributed by atoms with Gasteiger partial charge in [0, 0.05) is 23.4 Å². The lowest BCUT2D eigenvalue weighted by atomic mass is 10.2. The van der Waals surface area contributed by atoms with Crippen molar-refractivity contribution >= 4 is 21.8 Å². The minimum absolute atomic E-state index is 0.0349. The number of nitrogens with zero attached hydrogens (tertiary/aromatic N) is 2. The Bertz CT molecular complexity index is 397. The first-order chi connectivity index (χ1) is 7.72. The van der Waals surface area contributed by atoms with Crippen molar-refractivity contribution in [3.63, 3.8) is 0 Å². The highest BCUT2D eigenvalue weighted by Gasteiger charge is 2.28. The Labute approximate surface area is 102 Å². The molecule has 1 atom stereocenters. The van der Waals surface area contributed by atoms with Gasteiger partial charge in [-0.15, -0.1) is 0 Å². The van der Waals surface area contributed by atoms with E-state index >= 15 is 0 Å². The molecule has 0 saturated carbocycles. The van der Waals surface area contributed by atoms with Gasteiger partial charge in [-0.05, 0) is 34.8 Å². The van der Waals surface area contributed by atoms with Crippen LogP contribution in [0.15, 0.2) is 22.9 Å². The highest BCUT2D eigenvalue weighted by Crippen LogP contribution is 2.20. The van der Waals surface area contributed by atoms with E-state index in [9.17, 15) is 4.79 Å². The van der Waals surface area contributed by atoms with Gasteiger partial charge in [0.15, 0.2) is 0 Å². The number of aliphatic hydroxyl groups excluding tert-OH is 1. The number of hydrogen-bond acceptors (Lipinski definition) is 3. The van der Waals surface area contributed by atoms with Crippen molar-refractivity contribution in [3.05, 3.63) is 28.5 Å². The van der Waals surface area contributed by atoms with Crippen molar-refractivity contribution in [1.29, 1.82) is 0 Å². The van der Waals surface area contributed by atoms with Crippen LogP contribution in [0.3, 0.4) is 0 Å². The molecular formula is C11H13BrN2O2. The zero-order valence-electron chi connectivity index (χ0n) is 8.77. The van der Waals surface area contributed by atoms with E-state index in [2.05, 4.69) is 20.9 Å². The smallest absolute Gasteiger partial charge is 0.255 e. The summed E-state index contributed by atoms with van der Waals surface area (Å²) in [4.78, 5) is 17.8.